The Morgan fingerprint density at radius 2 is 2.38 bits per heavy atom. The Kier molecular flexibility index (Phi) is 3.93. The zero-order valence-corrected chi connectivity index (χ0v) is 9.52. The lowest BCUT2D eigenvalue weighted by Crippen LogP contribution is -2.31. The summed E-state index contributed by atoms with van der Waals surface area (Å²) in [7, 11) is 1.62. The molecule has 0 aromatic carbocycles. The van der Waals surface area contributed by atoms with Crippen LogP contribution in [0.4, 0.5) is 0 Å². The minimum atomic E-state index is 0.169. The van der Waals surface area contributed by atoms with E-state index in [-0.39, 0.29) is 12.1 Å². The van der Waals surface area contributed by atoms with E-state index in [1.165, 1.54) is 0 Å². The Labute approximate surface area is 94.9 Å². The third kappa shape index (κ3) is 2.81. The van der Waals surface area contributed by atoms with Gasteiger partial charge in [0.1, 0.15) is 12.3 Å². The minimum Gasteiger partial charge on any atom is -0.377 e. The summed E-state index contributed by atoms with van der Waals surface area (Å²) >= 11 is 0. The maximum absolute atomic E-state index is 5.91. The van der Waals surface area contributed by atoms with E-state index in [4.69, 9.17) is 19.7 Å². The number of hydrogen-bond acceptors (Lipinski definition) is 5. The second-order valence-electron chi connectivity index (χ2n) is 4.16. The molecule has 0 radical (unpaired) electrons. The molecule has 1 saturated carbocycles. The number of nitrogens with two attached hydrogens (primary N) is 1. The van der Waals surface area contributed by atoms with Crippen LogP contribution in [-0.4, -0.2) is 24.4 Å². The smallest absolute Gasteiger partial charge is 0.162 e. The molecular formula is C11H18N2O3. The van der Waals surface area contributed by atoms with Gasteiger partial charge < -0.3 is 19.7 Å². The summed E-state index contributed by atoms with van der Waals surface area (Å²) in [6.07, 6.45) is 3.42. The van der Waals surface area contributed by atoms with Crippen molar-refractivity contribution < 1.29 is 14.0 Å². The fourth-order valence-corrected chi connectivity index (χ4v) is 1.99. The van der Waals surface area contributed by atoms with Gasteiger partial charge in [0.2, 0.25) is 0 Å². The standard InChI is InChI=1S/C11H18N2O3/c1-14-7-9-5-8(13-16-9)6-15-11-4-2-3-10(11)12/h5,10-11H,2-4,6-7,12H2,1H3. The maximum Gasteiger partial charge on any atom is 0.162 e. The van der Waals surface area contributed by atoms with Gasteiger partial charge in [-0.05, 0) is 19.3 Å². The number of ether oxygens (including phenoxy) is 2. The summed E-state index contributed by atoms with van der Waals surface area (Å²) < 4.78 is 15.7. The lowest BCUT2D eigenvalue weighted by molar-refractivity contribution is 0.0325. The summed E-state index contributed by atoms with van der Waals surface area (Å²) in [6, 6.07) is 2.02. The second kappa shape index (κ2) is 5.43. The zero-order valence-electron chi connectivity index (χ0n) is 9.52. The van der Waals surface area contributed by atoms with Crippen molar-refractivity contribution in [3.05, 3.63) is 17.5 Å². The Bertz CT molecular complexity index is 327. The number of aromatic nitrogens is 1. The van der Waals surface area contributed by atoms with Crippen molar-refractivity contribution in [1.82, 2.24) is 5.16 Å². The quantitative estimate of drug-likeness (QED) is 0.817. The van der Waals surface area contributed by atoms with Crippen LogP contribution in [0.5, 0.6) is 0 Å². The topological polar surface area (TPSA) is 70.5 Å². The minimum absolute atomic E-state index is 0.169. The van der Waals surface area contributed by atoms with E-state index in [1.54, 1.807) is 7.11 Å². The van der Waals surface area contributed by atoms with Crippen LogP contribution in [-0.2, 0) is 22.7 Å². The highest BCUT2D eigenvalue weighted by Crippen LogP contribution is 2.21. The molecule has 2 rings (SSSR count). The lowest BCUT2D eigenvalue weighted by atomic mass is 10.2. The molecule has 1 heterocycles. The third-order valence-electron chi connectivity index (χ3n) is 2.84. The Balaban J connectivity index is 1.80. The SMILES string of the molecule is COCc1cc(COC2CCCC2N)no1. The average molecular weight is 226 g/mol. The van der Waals surface area contributed by atoms with E-state index in [0.717, 1.165) is 30.7 Å². The van der Waals surface area contributed by atoms with Crippen LogP contribution in [0.25, 0.3) is 0 Å². The molecule has 1 aromatic rings. The number of rotatable bonds is 5. The van der Waals surface area contributed by atoms with E-state index in [1.807, 2.05) is 6.07 Å². The van der Waals surface area contributed by atoms with Crippen molar-refractivity contribution in [2.45, 2.75) is 44.6 Å². The van der Waals surface area contributed by atoms with Crippen LogP contribution in [0.3, 0.4) is 0 Å². The average Bonchev–Trinajstić information content (AvgIpc) is 2.86. The molecule has 0 amide bonds. The molecule has 1 aliphatic carbocycles. The van der Waals surface area contributed by atoms with Crippen molar-refractivity contribution in [2.24, 2.45) is 5.73 Å². The van der Waals surface area contributed by atoms with Gasteiger partial charge in [0, 0.05) is 19.2 Å². The first-order valence-electron chi connectivity index (χ1n) is 5.60. The van der Waals surface area contributed by atoms with Gasteiger partial charge in [0.25, 0.3) is 0 Å². The van der Waals surface area contributed by atoms with E-state index in [0.29, 0.717) is 13.2 Å². The first kappa shape index (κ1) is 11.6. The molecule has 0 spiro atoms. The van der Waals surface area contributed by atoms with Crippen LogP contribution in [0.15, 0.2) is 10.6 Å². The molecule has 5 heteroatoms. The predicted molar refractivity (Wildman–Crippen MR) is 57.6 cm³/mol. The molecule has 2 N–H and O–H groups in total. The van der Waals surface area contributed by atoms with Gasteiger partial charge in [0.05, 0.1) is 12.7 Å². The number of hydrogen-bond donors (Lipinski definition) is 1. The fraction of sp³-hybridized carbons (Fsp3) is 0.727. The van der Waals surface area contributed by atoms with Crippen LogP contribution in [0.2, 0.25) is 0 Å². The number of methoxy groups -OCH3 is 1. The van der Waals surface area contributed by atoms with Crippen molar-refractivity contribution >= 4 is 0 Å². The van der Waals surface area contributed by atoms with Gasteiger partial charge in [-0.1, -0.05) is 5.16 Å². The van der Waals surface area contributed by atoms with Gasteiger partial charge in [-0.15, -0.1) is 0 Å². The fourth-order valence-electron chi connectivity index (χ4n) is 1.99. The molecule has 2 unspecified atom stereocenters. The highest BCUT2D eigenvalue weighted by molar-refractivity contribution is 5.03. The highest BCUT2D eigenvalue weighted by atomic mass is 16.5. The van der Waals surface area contributed by atoms with Crippen LogP contribution < -0.4 is 5.73 Å². The second-order valence-corrected chi connectivity index (χ2v) is 4.16. The first-order valence-corrected chi connectivity index (χ1v) is 5.60. The molecule has 0 aliphatic heterocycles. The van der Waals surface area contributed by atoms with Crippen molar-refractivity contribution in [1.29, 1.82) is 0 Å². The molecule has 16 heavy (non-hydrogen) atoms. The van der Waals surface area contributed by atoms with Gasteiger partial charge in [0.15, 0.2) is 5.76 Å². The van der Waals surface area contributed by atoms with Crippen molar-refractivity contribution in [3.8, 4) is 0 Å². The molecule has 1 fully saturated rings. The molecule has 1 aromatic heterocycles. The Morgan fingerprint density at radius 1 is 1.50 bits per heavy atom. The van der Waals surface area contributed by atoms with Crippen LogP contribution >= 0.6 is 0 Å². The molecule has 0 bridgehead atoms. The van der Waals surface area contributed by atoms with Crippen LogP contribution in [0, 0.1) is 0 Å². The highest BCUT2D eigenvalue weighted by Gasteiger charge is 2.24. The molecule has 90 valence electrons. The normalized spacial score (nSPS) is 25.1. The maximum atomic E-state index is 5.91. The first-order chi connectivity index (χ1) is 7.79. The summed E-state index contributed by atoms with van der Waals surface area (Å²) in [5, 5.41) is 3.90. The lowest BCUT2D eigenvalue weighted by Gasteiger charge is -2.14. The summed E-state index contributed by atoms with van der Waals surface area (Å²) in [6.45, 7) is 0.904. The van der Waals surface area contributed by atoms with E-state index < -0.39 is 0 Å². The molecular weight excluding hydrogens is 208 g/mol. The van der Waals surface area contributed by atoms with Gasteiger partial charge in [-0.25, -0.2) is 0 Å². The molecule has 0 saturated heterocycles. The summed E-state index contributed by atoms with van der Waals surface area (Å²) in [5.41, 5.74) is 6.70. The predicted octanol–water partition coefficient (Wildman–Crippen LogP) is 1.22. The molecule has 2 atom stereocenters. The molecule has 5 nitrogen and oxygen atoms in total. The van der Waals surface area contributed by atoms with Gasteiger partial charge >= 0.3 is 0 Å². The van der Waals surface area contributed by atoms with Gasteiger partial charge in [-0.3, -0.25) is 0 Å². The van der Waals surface area contributed by atoms with Gasteiger partial charge in [-0.2, -0.15) is 0 Å². The Hall–Kier alpha value is -0.910. The number of nitrogens with zero attached hydrogens (tertiary/aromatic N) is 1. The van der Waals surface area contributed by atoms with E-state index >= 15 is 0 Å². The monoisotopic (exact) mass is 226 g/mol. The summed E-state index contributed by atoms with van der Waals surface area (Å²) in [4.78, 5) is 0. The molecule has 1 aliphatic rings. The van der Waals surface area contributed by atoms with E-state index in [9.17, 15) is 0 Å². The van der Waals surface area contributed by atoms with E-state index in [2.05, 4.69) is 5.16 Å². The third-order valence-corrected chi connectivity index (χ3v) is 2.84. The summed E-state index contributed by atoms with van der Waals surface area (Å²) in [5.74, 6) is 0.719. The van der Waals surface area contributed by atoms with Crippen LogP contribution in [0.1, 0.15) is 30.7 Å². The largest absolute Gasteiger partial charge is 0.377 e. The van der Waals surface area contributed by atoms with Crippen molar-refractivity contribution in [2.75, 3.05) is 7.11 Å². The van der Waals surface area contributed by atoms with Crippen molar-refractivity contribution in [3.63, 3.8) is 0 Å². The zero-order chi connectivity index (χ0) is 11.4. The Morgan fingerprint density at radius 3 is 3.06 bits per heavy atom.